The molecular formula is C13H26N2O. The lowest BCUT2D eigenvalue weighted by Crippen LogP contribution is -2.40. The smallest absolute Gasteiger partial charge is 0.220 e. The van der Waals surface area contributed by atoms with Crippen LogP contribution in [0, 0.1) is 11.8 Å². The zero-order valence-corrected chi connectivity index (χ0v) is 10.7. The summed E-state index contributed by atoms with van der Waals surface area (Å²) in [5, 5.41) is 3.06. The molecule has 0 aromatic heterocycles. The van der Waals surface area contributed by atoms with E-state index in [1.54, 1.807) is 0 Å². The molecule has 2 unspecified atom stereocenters. The van der Waals surface area contributed by atoms with Gasteiger partial charge in [0.1, 0.15) is 0 Å². The van der Waals surface area contributed by atoms with E-state index in [1.807, 2.05) is 6.92 Å². The number of hydrogen-bond acceptors (Lipinski definition) is 2. The van der Waals surface area contributed by atoms with E-state index in [2.05, 4.69) is 12.2 Å². The van der Waals surface area contributed by atoms with Crippen LogP contribution < -0.4 is 11.1 Å². The zero-order chi connectivity index (χ0) is 12.0. The minimum Gasteiger partial charge on any atom is -0.353 e. The van der Waals surface area contributed by atoms with Gasteiger partial charge in [-0.1, -0.05) is 26.2 Å². The third kappa shape index (κ3) is 4.52. The van der Waals surface area contributed by atoms with Crippen molar-refractivity contribution >= 4 is 5.91 Å². The molecule has 0 saturated heterocycles. The Kier molecular flexibility index (Phi) is 5.81. The first-order chi connectivity index (χ1) is 7.63. The van der Waals surface area contributed by atoms with Gasteiger partial charge in [-0.05, 0) is 38.1 Å². The van der Waals surface area contributed by atoms with E-state index < -0.39 is 0 Å². The average Bonchev–Trinajstić information content (AvgIpc) is 2.29. The van der Waals surface area contributed by atoms with Crippen molar-refractivity contribution in [2.45, 2.75) is 58.4 Å². The van der Waals surface area contributed by atoms with E-state index in [0.717, 1.165) is 0 Å². The number of nitrogens with two attached hydrogens (primary N) is 1. The first kappa shape index (κ1) is 13.5. The van der Waals surface area contributed by atoms with Crippen LogP contribution in [0.25, 0.3) is 0 Å². The number of rotatable bonds is 5. The largest absolute Gasteiger partial charge is 0.353 e. The van der Waals surface area contributed by atoms with Gasteiger partial charge in [-0.15, -0.1) is 0 Å². The van der Waals surface area contributed by atoms with Crippen LogP contribution in [0.5, 0.6) is 0 Å². The highest BCUT2D eigenvalue weighted by Crippen LogP contribution is 2.26. The van der Waals surface area contributed by atoms with Crippen LogP contribution in [0.4, 0.5) is 0 Å². The normalized spacial score (nSPS) is 21.4. The van der Waals surface area contributed by atoms with Crippen molar-refractivity contribution in [3.05, 3.63) is 0 Å². The third-order valence-electron chi connectivity index (χ3n) is 3.81. The Hall–Kier alpha value is -0.570. The molecule has 0 radical (unpaired) electrons. The highest BCUT2D eigenvalue weighted by Gasteiger charge is 2.19. The molecule has 0 aliphatic heterocycles. The first-order valence-corrected chi connectivity index (χ1v) is 6.63. The quantitative estimate of drug-likeness (QED) is 0.754. The second kappa shape index (κ2) is 6.89. The van der Waals surface area contributed by atoms with Gasteiger partial charge in [0.25, 0.3) is 0 Å². The maximum Gasteiger partial charge on any atom is 0.220 e. The highest BCUT2D eigenvalue weighted by atomic mass is 16.1. The first-order valence-electron chi connectivity index (χ1n) is 6.63. The van der Waals surface area contributed by atoms with Gasteiger partial charge in [-0.2, -0.15) is 0 Å². The summed E-state index contributed by atoms with van der Waals surface area (Å²) in [6, 6.07) is 0.195. The van der Waals surface area contributed by atoms with E-state index in [9.17, 15) is 4.79 Å². The molecular weight excluding hydrogens is 200 g/mol. The van der Waals surface area contributed by atoms with E-state index in [1.165, 1.54) is 32.1 Å². The number of amides is 1. The molecule has 0 heterocycles. The molecule has 1 aliphatic rings. The summed E-state index contributed by atoms with van der Waals surface area (Å²) < 4.78 is 0. The Morgan fingerprint density at radius 1 is 1.31 bits per heavy atom. The fourth-order valence-electron chi connectivity index (χ4n) is 2.31. The van der Waals surface area contributed by atoms with Crippen molar-refractivity contribution in [2.75, 3.05) is 6.54 Å². The van der Waals surface area contributed by atoms with Gasteiger partial charge in [0.15, 0.2) is 0 Å². The lowest BCUT2D eigenvalue weighted by Gasteiger charge is -2.24. The standard InChI is InChI=1S/C13H26N2O/c1-10(9-14)11(2)15-13(16)8-12-6-4-3-5-7-12/h10-12H,3-9,14H2,1-2H3,(H,15,16). The van der Waals surface area contributed by atoms with E-state index >= 15 is 0 Å². The number of nitrogens with one attached hydrogen (secondary N) is 1. The molecule has 0 aromatic rings. The molecule has 1 aliphatic carbocycles. The zero-order valence-electron chi connectivity index (χ0n) is 10.7. The minimum absolute atomic E-state index is 0.195. The molecule has 3 heteroatoms. The molecule has 1 rings (SSSR count). The van der Waals surface area contributed by atoms with Gasteiger partial charge in [-0.25, -0.2) is 0 Å². The Balaban J connectivity index is 2.23. The molecule has 1 saturated carbocycles. The van der Waals surface area contributed by atoms with Crippen molar-refractivity contribution < 1.29 is 4.79 Å². The van der Waals surface area contributed by atoms with Gasteiger partial charge < -0.3 is 11.1 Å². The van der Waals surface area contributed by atoms with Gasteiger partial charge in [0.05, 0.1) is 0 Å². The van der Waals surface area contributed by atoms with Gasteiger partial charge in [0.2, 0.25) is 5.91 Å². The van der Waals surface area contributed by atoms with Crippen LogP contribution in [0.2, 0.25) is 0 Å². The predicted molar refractivity (Wildman–Crippen MR) is 67.0 cm³/mol. The SMILES string of the molecule is CC(CN)C(C)NC(=O)CC1CCCCC1. The lowest BCUT2D eigenvalue weighted by molar-refractivity contribution is -0.123. The third-order valence-corrected chi connectivity index (χ3v) is 3.81. The van der Waals surface area contributed by atoms with Crippen LogP contribution in [-0.4, -0.2) is 18.5 Å². The number of carbonyl (C=O) groups is 1. The maximum absolute atomic E-state index is 11.8. The summed E-state index contributed by atoms with van der Waals surface area (Å²) in [5.74, 6) is 1.18. The van der Waals surface area contributed by atoms with Crippen LogP contribution >= 0.6 is 0 Å². The molecule has 94 valence electrons. The average molecular weight is 226 g/mol. The predicted octanol–water partition coefficient (Wildman–Crippen LogP) is 2.06. The molecule has 1 amide bonds. The monoisotopic (exact) mass is 226 g/mol. The molecule has 2 atom stereocenters. The van der Waals surface area contributed by atoms with E-state index in [-0.39, 0.29) is 11.9 Å². The van der Waals surface area contributed by atoms with E-state index in [4.69, 9.17) is 5.73 Å². The molecule has 16 heavy (non-hydrogen) atoms. The van der Waals surface area contributed by atoms with Gasteiger partial charge >= 0.3 is 0 Å². The summed E-state index contributed by atoms with van der Waals surface area (Å²) in [5.41, 5.74) is 5.58. The van der Waals surface area contributed by atoms with E-state index in [0.29, 0.717) is 24.8 Å². The topological polar surface area (TPSA) is 55.1 Å². The Bertz CT molecular complexity index is 206. The molecule has 0 bridgehead atoms. The number of hydrogen-bond donors (Lipinski definition) is 2. The Morgan fingerprint density at radius 2 is 1.94 bits per heavy atom. The summed E-state index contributed by atoms with van der Waals surface area (Å²) in [6.07, 6.45) is 7.11. The molecule has 3 N–H and O–H groups in total. The molecule has 0 spiro atoms. The van der Waals surface area contributed by atoms with Gasteiger partial charge in [-0.3, -0.25) is 4.79 Å². The highest BCUT2D eigenvalue weighted by molar-refractivity contribution is 5.76. The van der Waals surface area contributed by atoms with Crippen molar-refractivity contribution in [1.82, 2.24) is 5.32 Å². The molecule has 3 nitrogen and oxygen atoms in total. The van der Waals surface area contributed by atoms with Crippen LogP contribution in [0.15, 0.2) is 0 Å². The summed E-state index contributed by atoms with van der Waals surface area (Å²) in [6.45, 7) is 4.74. The second-order valence-corrected chi connectivity index (χ2v) is 5.28. The Morgan fingerprint density at radius 3 is 2.50 bits per heavy atom. The minimum atomic E-state index is 0.195. The van der Waals surface area contributed by atoms with Crippen LogP contribution in [-0.2, 0) is 4.79 Å². The molecule has 0 aromatic carbocycles. The van der Waals surface area contributed by atoms with Gasteiger partial charge in [0, 0.05) is 12.5 Å². The van der Waals surface area contributed by atoms with Crippen LogP contribution in [0.1, 0.15) is 52.4 Å². The fourth-order valence-corrected chi connectivity index (χ4v) is 2.31. The lowest BCUT2D eigenvalue weighted by atomic mass is 9.86. The maximum atomic E-state index is 11.8. The number of carbonyl (C=O) groups excluding carboxylic acids is 1. The summed E-state index contributed by atoms with van der Waals surface area (Å²) in [7, 11) is 0. The summed E-state index contributed by atoms with van der Waals surface area (Å²) in [4.78, 5) is 11.8. The van der Waals surface area contributed by atoms with Crippen LogP contribution in [0.3, 0.4) is 0 Å². The van der Waals surface area contributed by atoms with Crippen molar-refractivity contribution in [2.24, 2.45) is 17.6 Å². The van der Waals surface area contributed by atoms with Crippen molar-refractivity contribution in [3.63, 3.8) is 0 Å². The second-order valence-electron chi connectivity index (χ2n) is 5.28. The van der Waals surface area contributed by atoms with Crippen molar-refractivity contribution in [1.29, 1.82) is 0 Å². The van der Waals surface area contributed by atoms with Crippen molar-refractivity contribution in [3.8, 4) is 0 Å². The fraction of sp³-hybridized carbons (Fsp3) is 0.923. The Labute approximate surface area is 99.2 Å². The summed E-state index contributed by atoms with van der Waals surface area (Å²) >= 11 is 0. The molecule has 1 fully saturated rings.